The predicted octanol–water partition coefficient (Wildman–Crippen LogP) is 2.69. The van der Waals surface area contributed by atoms with Gasteiger partial charge in [-0.25, -0.2) is 21.6 Å². The molecule has 0 bridgehead atoms. The summed E-state index contributed by atoms with van der Waals surface area (Å²) in [4.78, 5) is 0.700. The Bertz CT molecular complexity index is 760. The summed E-state index contributed by atoms with van der Waals surface area (Å²) in [6, 6.07) is 2.89. The van der Waals surface area contributed by atoms with Gasteiger partial charge in [-0.2, -0.15) is 0 Å². The van der Waals surface area contributed by atoms with Gasteiger partial charge in [-0.3, -0.25) is 4.72 Å². The van der Waals surface area contributed by atoms with Crippen LogP contribution in [0.3, 0.4) is 0 Å². The third kappa shape index (κ3) is 3.36. The molecule has 114 valence electrons. The molecule has 0 saturated heterocycles. The highest BCUT2D eigenvalue weighted by molar-refractivity contribution is 7.92. The van der Waals surface area contributed by atoms with Gasteiger partial charge in [-0.1, -0.05) is 0 Å². The van der Waals surface area contributed by atoms with Crippen LogP contribution in [0.2, 0.25) is 0 Å². The first-order valence-electron chi connectivity index (χ1n) is 5.73. The molecule has 0 fully saturated rings. The minimum absolute atomic E-state index is 0.0677. The van der Waals surface area contributed by atoms with Crippen molar-refractivity contribution in [1.29, 1.82) is 0 Å². The molecule has 0 unspecified atom stereocenters. The van der Waals surface area contributed by atoms with Crippen LogP contribution in [0.4, 0.5) is 18.9 Å². The van der Waals surface area contributed by atoms with Gasteiger partial charge in [-0.15, -0.1) is 11.3 Å². The van der Waals surface area contributed by atoms with Crippen LogP contribution in [0, 0.1) is 17.5 Å². The number of nitrogens with one attached hydrogen (secondary N) is 2. The van der Waals surface area contributed by atoms with E-state index in [1.807, 2.05) is 4.72 Å². The second-order valence-electron chi connectivity index (χ2n) is 4.11. The molecule has 9 heteroatoms. The van der Waals surface area contributed by atoms with Crippen LogP contribution in [-0.4, -0.2) is 15.5 Å². The largest absolute Gasteiger partial charge is 0.315 e. The Hall–Kier alpha value is -1.58. The van der Waals surface area contributed by atoms with Crippen LogP contribution in [0.5, 0.6) is 0 Å². The lowest BCUT2D eigenvalue weighted by Gasteiger charge is -2.08. The van der Waals surface area contributed by atoms with Crippen molar-refractivity contribution in [3.8, 4) is 0 Å². The second-order valence-corrected chi connectivity index (χ2v) is 6.79. The maximum absolute atomic E-state index is 13.5. The Morgan fingerprint density at radius 2 is 1.90 bits per heavy atom. The van der Waals surface area contributed by atoms with Gasteiger partial charge in [0, 0.05) is 16.8 Å². The molecule has 0 amide bonds. The summed E-state index contributed by atoms with van der Waals surface area (Å²) in [5, 5.41) is 4.25. The summed E-state index contributed by atoms with van der Waals surface area (Å²) >= 11 is 1.21. The van der Waals surface area contributed by atoms with E-state index in [4.69, 9.17) is 0 Å². The van der Waals surface area contributed by atoms with Crippen molar-refractivity contribution >= 4 is 27.0 Å². The van der Waals surface area contributed by atoms with Crippen LogP contribution >= 0.6 is 11.3 Å². The fraction of sp³-hybridized carbons (Fsp3) is 0.167. The zero-order chi connectivity index (χ0) is 15.6. The summed E-state index contributed by atoms with van der Waals surface area (Å²) in [6.45, 7) is 0.486. The van der Waals surface area contributed by atoms with Crippen LogP contribution < -0.4 is 10.0 Å². The molecule has 1 heterocycles. The molecule has 2 N–H and O–H groups in total. The minimum atomic E-state index is -4.06. The highest BCUT2D eigenvalue weighted by Crippen LogP contribution is 2.25. The summed E-state index contributed by atoms with van der Waals surface area (Å²) in [7, 11) is -2.35. The molecule has 0 atom stereocenters. The zero-order valence-electron chi connectivity index (χ0n) is 10.8. The van der Waals surface area contributed by atoms with E-state index in [1.54, 1.807) is 7.05 Å². The fourth-order valence-corrected chi connectivity index (χ4v) is 3.92. The average molecular weight is 336 g/mol. The number of benzene rings is 1. The van der Waals surface area contributed by atoms with Gasteiger partial charge in [-0.05, 0) is 25.2 Å². The van der Waals surface area contributed by atoms with Crippen LogP contribution in [-0.2, 0) is 16.6 Å². The van der Waals surface area contributed by atoms with E-state index >= 15 is 0 Å². The molecule has 21 heavy (non-hydrogen) atoms. The molecule has 0 radical (unpaired) electrons. The van der Waals surface area contributed by atoms with E-state index < -0.39 is 33.2 Å². The normalized spacial score (nSPS) is 11.6. The Morgan fingerprint density at radius 1 is 1.19 bits per heavy atom. The fourth-order valence-electron chi connectivity index (χ4n) is 1.58. The molecule has 0 spiro atoms. The van der Waals surface area contributed by atoms with Crippen molar-refractivity contribution in [3.63, 3.8) is 0 Å². The lowest BCUT2D eigenvalue weighted by Crippen LogP contribution is -2.14. The summed E-state index contributed by atoms with van der Waals surface area (Å²) < 4.78 is 65.4. The summed E-state index contributed by atoms with van der Waals surface area (Å²) in [5.74, 6) is -4.69. The third-order valence-electron chi connectivity index (χ3n) is 2.57. The highest BCUT2D eigenvalue weighted by Gasteiger charge is 2.21. The molecular formula is C12H11F3N2O2S2. The molecule has 1 aromatic heterocycles. The lowest BCUT2D eigenvalue weighted by atomic mass is 10.3. The number of halogens is 3. The van der Waals surface area contributed by atoms with E-state index in [1.165, 1.54) is 22.8 Å². The molecular weight excluding hydrogens is 325 g/mol. The van der Waals surface area contributed by atoms with E-state index in [2.05, 4.69) is 5.32 Å². The van der Waals surface area contributed by atoms with Gasteiger partial charge in [0.25, 0.3) is 10.0 Å². The maximum Gasteiger partial charge on any atom is 0.262 e. The first-order chi connectivity index (χ1) is 9.85. The second kappa shape index (κ2) is 6.04. The van der Waals surface area contributed by atoms with Gasteiger partial charge in [0.1, 0.15) is 0 Å². The van der Waals surface area contributed by atoms with Gasteiger partial charge in [0.15, 0.2) is 17.5 Å². The maximum atomic E-state index is 13.5. The summed E-state index contributed by atoms with van der Waals surface area (Å²) in [6.07, 6.45) is 0. The van der Waals surface area contributed by atoms with Crippen molar-refractivity contribution in [2.24, 2.45) is 0 Å². The topological polar surface area (TPSA) is 58.2 Å². The smallest absolute Gasteiger partial charge is 0.262 e. The van der Waals surface area contributed by atoms with Crippen molar-refractivity contribution < 1.29 is 21.6 Å². The van der Waals surface area contributed by atoms with Crippen molar-refractivity contribution in [1.82, 2.24) is 5.32 Å². The van der Waals surface area contributed by atoms with Crippen LogP contribution in [0.15, 0.2) is 28.5 Å². The molecule has 0 aliphatic heterocycles. The first kappa shape index (κ1) is 15.8. The first-order valence-corrected chi connectivity index (χ1v) is 8.09. The Balaban J connectivity index is 2.31. The molecule has 0 aliphatic rings. The Labute approximate surface area is 123 Å². The lowest BCUT2D eigenvalue weighted by molar-refractivity contribution is 0.449. The van der Waals surface area contributed by atoms with Crippen LogP contribution in [0.25, 0.3) is 0 Å². The third-order valence-corrected chi connectivity index (χ3v) is 5.00. The molecule has 1 aromatic carbocycles. The van der Waals surface area contributed by atoms with E-state index in [0.717, 1.165) is 10.9 Å². The standard InChI is InChI=1S/C12H11F3N2O2S2/c1-16-5-7-4-8(6-20-7)21(18,19)17-10-3-2-9(13)11(14)12(10)15/h2-4,6,16-17H,5H2,1H3. The SMILES string of the molecule is CNCc1cc(S(=O)(=O)Nc2ccc(F)c(F)c2F)cs1. The quantitative estimate of drug-likeness (QED) is 0.826. The van der Waals surface area contributed by atoms with Crippen molar-refractivity contribution in [2.75, 3.05) is 11.8 Å². The number of thiophene rings is 1. The zero-order valence-corrected chi connectivity index (χ0v) is 12.4. The number of sulfonamides is 1. The van der Waals surface area contributed by atoms with Crippen molar-refractivity contribution in [3.05, 3.63) is 45.9 Å². The molecule has 0 saturated carbocycles. The number of anilines is 1. The molecule has 2 rings (SSSR count). The molecule has 2 aromatic rings. The van der Waals surface area contributed by atoms with E-state index in [-0.39, 0.29) is 4.90 Å². The monoisotopic (exact) mass is 336 g/mol. The average Bonchev–Trinajstić information content (AvgIpc) is 2.89. The number of hydrogen-bond acceptors (Lipinski definition) is 4. The molecule has 4 nitrogen and oxygen atoms in total. The van der Waals surface area contributed by atoms with E-state index in [9.17, 15) is 21.6 Å². The minimum Gasteiger partial charge on any atom is -0.315 e. The van der Waals surface area contributed by atoms with E-state index in [0.29, 0.717) is 12.6 Å². The Kier molecular flexibility index (Phi) is 4.55. The van der Waals surface area contributed by atoms with Gasteiger partial charge in [0.2, 0.25) is 0 Å². The number of hydrogen-bond donors (Lipinski definition) is 2. The van der Waals surface area contributed by atoms with Gasteiger partial charge in [0.05, 0.1) is 10.6 Å². The van der Waals surface area contributed by atoms with Crippen molar-refractivity contribution in [2.45, 2.75) is 11.4 Å². The molecule has 0 aliphatic carbocycles. The summed E-state index contributed by atoms with van der Waals surface area (Å²) in [5.41, 5.74) is -0.643. The van der Waals surface area contributed by atoms with Crippen LogP contribution in [0.1, 0.15) is 4.88 Å². The Morgan fingerprint density at radius 3 is 2.57 bits per heavy atom. The predicted molar refractivity (Wildman–Crippen MR) is 74.2 cm³/mol. The van der Waals surface area contributed by atoms with Gasteiger partial charge >= 0.3 is 0 Å². The van der Waals surface area contributed by atoms with Gasteiger partial charge < -0.3 is 5.32 Å². The number of rotatable bonds is 5. The highest BCUT2D eigenvalue weighted by atomic mass is 32.2.